The van der Waals surface area contributed by atoms with Crippen LogP contribution in [0.15, 0.2) is 61.7 Å². The summed E-state index contributed by atoms with van der Waals surface area (Å²) in [6.07, 6.45) is 3.28. The Balaban J connectivity index is -0.000000111. The van der Waals surface area contributed by atoms with Crippen molar-refractivity contribution in [3.05, 3.63) is 82.1 Å². The summed E-state index contributed by atoms with van der Waals surface area (Å²) in [6.45, 7) is 8.85. The zero-order valence-corrected chi connectivity index (χ0v) is 14.1. The molecule has 18 heavy (non-hydrogen) atoms. The standard InChI is InChI=1S/C10H9.C4H6.2CH3.Si.Ti/c1-8-6-9-4-2-3-5-10(9)7-8;1-3-4-2;;;;/h2-7H,1H3;3-4H,1-2H2;2*1H3;;/q-1;;2*-1;;+3. The second-order valence-electron chi connectivity index (χ2n) is 3.13. The van der Waals surface area contributed by atoms with Crippen LogP contribution in [0.1, 0.15) is 5.56 Å². The Bertz CT molecular complexity index is 390. The fourth-order valence-corrected chi connectivity index (χ4v) is 1.31. The molecule has 0 spiro atoms. The van der Waals surface area contributed by atoms with Gasteiger partial charge in [0.05, 0.1) is 0 Å². The maximum absolute atomic E-state index is 3.36. The van der Waals surface area contributed by atoms with Crippen molar-refractivity contribution in [1.82, 2.24) is 0 Å². The summed E-state index contributed by atoms with van der Waals surface area (Å²) in [7, 11) is 0. The van der Waals surface area contributed by atoms with E-state index in [0.29, 0.717) is 0 Å². The van der Waals surface area contributed by atoms with Crippen LogP contribution in [0.5, 0.6) is 0 Å². The molecule has 0 aliphatic carbocycles. The Morgan fingerprint density at radius 3 is 2.00 bits per heavy atom. The molecule has 0 heterocycles. The number of aryl methyl sites for hydroxylation is 1. The third kappa shape index (κ3) is 8.35. The van der Waals surface area contributed by atoms with Crippen LogP contribution in [0, 0.1) is 21.8 Å². The number of allylic oxidation sites excluding steroid dienone is 2. The maximum atomic E-state index is 3.36. The Morgan fingerprint density at radius 1 is 1.06 bits per heavy atom. The first-order chi connectivity index (χ1) is 6.77. The summed E-state index contributed by atoms with van der Waals surface area (Å²) in [6, 6.07) is 12.8. The van der Waals surface area contributed by atoms with Gasteiger partial charge in [-0.3, -0.25) is 0 Å². The van der Waals surface area contributed by atoms with Crippen molar-refractivity contribution in [2.24, 2.45) is 0 Å². The van der Waals surface area contributed by atoms with Crippen LogP contribution in [0.25, 0.3) is 10.8 Å². The number of hydrogen-bond acceptors (Lipinski definition) is 0. The van der Waals surface area contributed by atoms with Crippen LogP contribution in [0.2, 0.25) is 0 Å². The fraction of sp³-hybridized carbons (Fsp3) is 0.0625. The molecular weight excluding hydrogens is 268 g/mol. The third-order valence-corrected chi connectivity index (χ3v) is 1.93. The minimum absolute atomic E-state index is 0. The van der Waals surface area contributed by atoms with Gasteiger partial charge in [0.1, 0.15) is 0 Å². The SMILES string of the molecule is C=CC=C.Cc1cc2ccccc2[cH-]1.[CH3-].[CH3-].[Si].[Ti+3]. The largest absolute Gasteiger partial charge is 3.00 e. The van der Waals surface area contributed by atoms with E-state index in [1.165, 1.54) is 16.3 Å². The monoisotopic (exact) mass is 289 g/mol. The molecule has 2 rings (SSSR count). The van der Waals surface area contributed by atoms with Crippen LogP contribution < -0.4 is 0 Å². The molecule has 2 heteroatoms. The Kier molecular flexibility index (Phi) is 20.6. The van der Waals surface area contributed by atoms with Crippen LogP contribution in [0.3, 0.4) is 0 Å². The van der Waals surface area contributed by atoms with Crippen LogP contribution in [0.4, 0.5) is 0 Å². The van der Waals surface area contributed by atoms with Gasteiger partial charge in [-0.1, -0.05) is 38.3 Å². The van der Waals surface area contributed by atoms with Gasteiger partial charge < -0.3 is 14.9 Å². The van der Waals surface area contributed by atoms with Gasteiger partial charge in [0, 0.05) is 11.0 Å². The van der Waals surface area contributed by atoms with Crippen molar-refractivity contribution in [2.75, 3.05) is 0 Å². The average Bonchev–Trinajstić information content (AvgIpc) is 2.58. The summed E-state index contributed by atoms with van der Waals surface area (Å²) in [5.41, 5.74) is 1.35. The summed E-state index contributed by atoms with van der Waals surface area (Å²) in [5.74, 6) is 0. The Morgan fingerprint density at radius 2 is 1.56 bits per heavy atom. The molecule has 93 valence electrons. The van der Waals surface area contributed by atoms with Gasteiger partial charge in [0.25, 0.3) is 0 Å². The molecular formula is C16H21SiTi. The first-order valence-electron chi connectivity index (χ1n) is 4.63. The van der Waals surface area contributed by atoms with Gasteiger partial charge in [0.15, 0.2) is 0 Å². The minimum atomic E-state index is 0. The zero-order chi connectivity index (χ0) is 10.4. The molecule has 0 atom stereocenters. The van der Waals surface area contributed by atoms with E-state index >= 15 is 0 Å². The summed E-state index contributed by atoms with van der Waals surface area (Å²) in [5, 5.41) is 2.69. The third-order valence-electron chi connectivity index (χ3n) is 1.93. The van der Waals surface area contributed by atoms with Crippen molar-refractivity contribution >= 4 is 21.7 Å². The molecule has 0 aliphatic rings. The van der Waals surface area contributed by atoms with Crippen molar-refractivity contribution in [1.29, 1.82) is 0 Å². The minimum Gasteiger partial charge on any atom is -0.358 e. The predicted molar refractivity (Wildman–Crippen MR) is 83.3 cm³/mol. The molecule has 0 saturated carbocycles. The number of rotatable bonds is 1. The smallest absolute Gasteiger partial charge is 0.358 e. The molecule has 0 aromatic heterocycles. The molecule has 0 fully saturated rings. The van der Waals surface area contributed by atoms with Gasteiger partial charge in [-0.2, -0.15) is 6.07 Å². The molecule has 0 nitrogen and oxygen atoms in total. The van der Waals surface area contributed by atoms with Crippen molar-refractivity contribution < 1.29 is 21.7 Å². The van der Waals surface area contributed by atoms with E-state index in [1.54, 1.807) is 12.2 Å². The molecule has 0 N–H and O–H groups in total. The van der Waals surface area contributed by atoms with Crippen molar-refractivity contribution in [3.8, 4) is 0 Å². The quantitative estimate of drug-likeness (QED) is 0.404. The Hall–Kier alpha value is -0.759. The number of hydrogen-bond donors (Lipinski definition) is 0. The molecule has 0 amide bonds. The zero-order valence-electron chi connectivity index (χ0n) is 11.5. The van der Waals surface area contributed by atoms with Crippen LogP contribution in [-0.4, -0.2) is 11.0 Å². The van der Waals surface area contributed by atoms with Gasteiger partial charge >= 0.3 is 21.7 Å². The average molecular weight is 289 g/mol. The van der Waals surface area contributed by atoms with Gasteiger partial charge in [-0.15, -0.1) is 40.6 Å². The number of benzene rings is 1. The normalized spacial score (nSPS) is 6.94. The first-order valence-corrected chi connectivity index (χ1v) is 4.63. The summed E-state index contributed by atoms with van der Waals surface area (Å²) < 4.78 is 0. The number of fused-ring (bicyclic) bond motifs is 1. The van der Waals surface area contributed by atoms with Crippen LogP contribution >= 0.6 is 0 Å². The topological polar surface area (TPSA) is 0 Å². The fourth-order valence-electron chi connectivity index (χ4n) is 1.31. The predicted octanol–water partition coefficient (Wildman–Crippen LogP) is 4.74. The van der Waals surface area contributed by atoms with Gasteiger partial charge in [0.2, 0.25) is 0 Å². The van der Waals surface area contributed by atoms with Crippen molar-refractivity contribution in [3.63, 3.8) is 0 Å². The van der Waals surface area contributed by atoms with E-state index in [-0.39, 0.29) is 47.5 Å². The Labute approximate surface area is 132 Å². The van der Waals surface area contributed by atoms with Gasteiger partial charge in [-0.25, -0.2) is 0 Å². The van der Waals surface area contributed by atoms with E-state index in [2.05, 4.69) is 56.5 Å². The molecule has 5 radical (unpaired) electrons. The molecule has 0 saturated heterocycles. The molecule has 2 aromatic carbocycles. The molecule has 0 aliphatic heterocycles. The van der Waals surface area contributed by atoms with E-state index in [4.69, 9.17) is 0 Å². The van der Waals surface area contributed by atoms with E-state index in [0.717, 1.165) is 0 Å². The van der Waals surface area contributed by atoms with E-state index < -0.39 is 0 Å². The van der Waals surface area contributed by atoms with Crippen LogP contribution in [-0.2, 0) is 21.7 Å². The second-order valence-corrected chi connectivity index (χ2v) is 3.13. The maximum Gasteiger partial charge on any atom is 3.00 e. The molecule has 0 bridgehead atoms. The second kappa shape index (κ2) is 14.3. The van der Waals surface area contributed by atoms with Crippen molar-refractivity contribution in [2.45, 2.75) is 6.92 Å². The summed E-state index contributed by atoms with van der Waals surface area (Å²) >= 11 is 0. The first kappa shape index (κ1) is 25.9. The van der Waals surface area contributed by atoms with E-state index in [9.17, 15) is 0 Å². The van der Waals surface area contributed by atoms with E-state index in [1.807, 2.05) is 0 Å². The molecule has 2 aromatic rings. The van der Waals surface area contributed by atoms with Gasteiger partial charge in [-0.05, 0) is 0 Å². The summed E-state index contributed by atoms with van der Waals surface area (Å²) in [4.78, 5) is 0. The molecule has 0 unspecified atom stereocenters.